The summed E-state index contributed by atoms with van der Waals surface area (Å²) in [5.41, 5.74) is 6.79. The lowest BCUT2D eigenvalue weighted by Crippen LogP contribution is -1.97. The molecule has 0 radical (unpaired) electrons. The highest BCUT2D eigenvalue weighted by Crippen LogP contribution is 2.32. The Morgan fingerprint density at radius 1 is 0.794 bits per heavy atom. The molecule has 0 aliphatic heterocycles. The number of H-pyrrole nitrogens is 1. The van der Waals surface area contributed by atoms with Crippen LogP contribution in [0, 0.1) is 4.64 Å². The van der Waals surface area contributed by atoms with Crippen LogP contribution >= 0.6 is 28.1 Å². The van der Waals surface area contributed by atoms with Gasteiger partial charge in [0.05, 0.1) is 16.6 Å². The summed E-state index contributed by atoms with van der Waals surface area (Å²) < 4.78 is 3.45. The highest BCUT2D eigenvalue weighted by molar-refractivity contribution is 9.10. The number of hydrogen-bond donors (Lipinski definition) is 2. The lowest BCUT2D eigenvalue weighted by atomic mass is 10.0. The van der Waals surface area contributed by atoms with E-state index in [4.69, 9.17) is 17.3 Å². The van der Waals surface area contributed by atoms with Gasteiger partial charge in [-0.3, -0.25) is 0 Å². The minimum atomic E-state index is 0.493. The molecule has 0 aliphatic carbocycles. The molecule has 0 fully saturated rings. The fraction of sp³-hybridized carbons (Fsp3) is 0. The summed E-state index contributed by atoms with van der Waals surface area (Å²) in [6.07, 6.45) is 0. The van der Waals surface area contributed by atoms with E-state index >= 15 is 0 Å². The number of pyridine rings is 1. The van der Waals surface area contributed by atoms with Gasteiger partial charge in [-0.2, -0.15) is 0 Å². The van der Waals surface area contributed by atoms with Crippen molar-refractivity contribution in [3.8, 4) is 22.4 Å². The third-order valence-corrected chi connectivity index (χ3v) is 6.51. The Bertz CT molecular complexity index is 1690. The van der Waals surface area contributed by atoms with Crippen LogP contribution in [0.2, 0.25) is 0 Å². The number of nitrogens with zero attached hydrogens (tertiary/aromatic N) is 3. The molecule has 3 heterocycles. The summed E-state index contributed by atoms with van der Waals surface area (Å²) in [6, 6.07) is 32.8. The van der Waals surface area contributed by atoms with Crippen molar-refractivity contribution in [1.29, 1.82) is 0 Å². The molecule has 6 rings (SSSR count). The molecule has 6 aromatic rings. The van der Waals surface area contributed by atoms with Gasteiger partial charge in [-0.1, -0.05) is 88.8 Å². The van der Waals surface area contributed by atoms with Crippen LogP contribution in [-0.4, -0.2) is 19.6 Å². The number of aromatic nitrogens is 4. The van der Waals surface area contributed by atoms with Crippen molar-refractivity contribution in [2.45, 2.75) is 0 Å². The minimum absolute atomic E-state index is 0.493. The third kappa shape index (κ3) is 3.79. The maximum atomic E-state index is 5.75. The van der Waals surface area contributed by atoms with E-state index in [0.717, 1.165) is 43.4 Å². The number of fused-ring (bicyclic) bond motifs is 3. The fourth-order valence-electron chi connectivity index (χ4n) is 4.08. The SMILES string of the molecule is S=c1nc(Nc2ccc(Br)cc2)[nH]c2nn3c(-c4ccccc4)cc(-c4ccccc4)cc3c12. The monoisotopic (exact) mass is 523 g/mol. The highest BCUT2D eigenvalue weighted by Gasteiger charge is 2.16. The lowest BCUT2D eigenvalue weighted by molar-refractivity contribution is 0.978. The van der Waals surface area contributed by atoms with E-state index in [1.54, 1.807) is 0 Å². The molecule has 0 atom stereocenters. The Morgan fingerprint density at radius 3 is 2.18 bits per heavy atom. The van der Waals surface area contributed by atoms with Crippen molar-refractivity contribution in [2.75, 3.05) is 5.32 Å². The van der Waals surface area contributed by atoms with Crippen LogP contribution in [0.5, 0.6) is 0 Å². The maximum absolute atomic E-state index is 5.75. The van der Waals surface area contributed by atoms with E-state index in [9.17, 15) is 0 Å². The smallest absolute Gasteiger partial charge is 0.207 e. The zero-order chi connectivity index (χ0) is 23.1. The van der Waals surface area contributed by atoms with Crippen molar-refractivity contribution in [3.05, 3.63) is 106 Å². The predicted molar refractivity (Wildman–Crippen MR) is 144 cm³/mol. The Hall–Kier alpha value is -3.81. The first-order valence-corrected chi connectivity index (χ1v) is 12.0. The molecule has 164 valence electrons. The normalized spacial score (nSPS) is 11.2. The topological polar surface area (TPSA) is 58.0 Å². The second-order valence-electron chi connectivity index (χ2n) is 7.90. The fourth-order valence-corrected chi connectivity index (χ4v) is 4.64. The summed E-state index contributed by atoms with van der Waals surface area (Å²) in [4.78, 5) is 7.95. The summed E-state index contributed by atoms with van der Waals surface area (Å²) in [6.45, 7) is 0. The van der Waals surface area contributed by atoms with Gasteiger partial charge in [-0.15, -0.1) is 5.10 Å². The quantitative estimate of drug-likeness (QED) is 0.231. The zero-order valence-electron chi connectivity index (χ0n) is 17.9. The lowest BCUT2D eigenvalue weighted by Gasteiger charge is -2.09. The first-order valence-electron chi connectivity index (χ1n) is 10.8. The van der Waals surface area contributed by atoms with E-state index in [1.807, 2.05) is 65.2 Å². The molecule has 0 spiro atoms. The van der Waals surface area contributed by atoms with Gasteiger partial charge in [0.1, 0.15) is 4.64 Å². The van der Waals surface area contributed by atoms with Crippen molar-refractivity contribution in [3.63, 3.8) is 0 Å². The second-order valence-corrected chi connectivity index (χ2v) is 9.21. The predicted octanol–water partition coefficient (Wildman–Crippen LogP) is 7.78. The first-order chi connectivity index (χ1) is 16.7. The van der Waals surface area contributed by atoms with Crippen LogP contribution in [0.1, 0.15) is 0 Å². The molecule has 2 N–H and O–H groups in total. The maximum Gasteiger partial charge on any atom is 0.207 e. The van der Waals surface area contributed by atoms with Crippen molar-refractivity contribution >= 4 is 56.3 Å². The van der Waals surface area contributed by atoms with Gasteiger partial charge in [0.2, 0.25) is 5.95 Å². The number of benzene rings is 3. The largest absolute Gasteiger partial charge is 0.326 e. The van der Waals surface area contributed by atoms with Gasteiger partial charge in [-0.25, -0.2) is 9.50 Å². The molecular formula is C27H18BrN5S. The molecule has 0 bridgehead atoms. The van der Waals surface area contributed by atoms with E-state index < -0.39 is 0 Å². The standard InChI is InChI=1S/C27H18BrN5S/c28-20-11-13-21(14-12-20)29-27-30-25-24(26(34)31-27)23-16-19(17-7-3-1-4-8-17)15-22(33(23)32-25)18-9-5-2-6-10-18/h1-16H,(H2,29,30,31,32,34). The first kappa shape index (κ1) is 20.8. The molecule has 3 aromatic carbocycles. The van der Waals surface area contributed by atoms with Crippen molar-refractivity contribution < 1.29 is 0 Å². The molecule has 0 unspecified atom stereocenters. The molecule has 0 aliphatic rings. The Kier molecular flexibility index (Phi) is 5.20. The van der Waals surface area contributed by atoms with Gasteiger partial charge in [-0.05, 0) is 47.5 Å². The van der Waals surface area contributed by atoms with Gasteiger partial charge < -0.3 is 10.3 Å². The molecule has 34 heavy (non-hydrogen) atoms. The Balaban J connectivity index is 1.58. The number of aromatic amines is 1. The molecule has 7 heteroatoms. The summed E-state index contributed by atoms with van der Waals surface area (Å²) in [5, 5.41) is 9.02. The summed E-state index contributed by atoms with van der Waals surface area (Å²) in [5.74, 6) is 0.549. The highest BCUT2D eigenvalue weighted by atomic mass is 79.9. The third-order valence-electron chi connectivity index (χ3n) is 5.68. The average molecular weight is 524 g/mol. The van der Waals surface area contributed by atoms with Crippen LogP contribution in [0.4, 0.5) is 11.6 Å². The van der Waals surface area contributed by atoms with Crippen LogP contribution in [0.25, 0.3) is 38.9 Å². The van der Waals surface area contributed by atoms with Gasteiger partial charge in [0.15, 0.2) is 5.65 Å². The van der Waals surface area contributed by atoms with Crippen LogP contribution in [-0.2, 0) is 0 Å². The zero-order valence-corrected chi connectivity index (χ0v) is 20.3. The molecule has 0 amide bonds. The van der Waals surface area contributed by atoms with Crippen LogP contribution < -0.4 is 5.32 Å². The molecule has 0 saturated carbocycles. The number of halogens is 1. The second kappa shape index (κ2) is 8.52. The van der Waals surface area contributed by atoms with Gasteiger partial charge in [0.25, 0.3) is 0 Å². The van der Waals surface area contributed by atoms with Crippen LogP contribution in [0.15, 0.2) is 102 Å². The van der Waals surface area contributed by atoms with Gasteiger partial charge >= 0.3 is 0 Å². The van der Waals surface area contributed by atoms with E-state index in [-0.39, 0.29) is 0 Å². The number of nitrogens with one attached hydrogen (secondary N) is 2. The molecular weight excluding hydrogens is 506 g/mol. The number of rotatable bonds is 4. The van der Waals surface area contributed by atoms with E-state index in [2.05, 4.69) is 67.6 Å². The minimum Gasteiger partial charge on any atom is -0.326 e. The number of anilines is 2. The Labute approximate surface area is 209 Å². The van der Waals surface area contributed by atoms with Crippen LogP contribution in [0.3, 0.4) is 0 Å². The summed E-state index contributed by atoms with van der Waals surface area (Å²) >= 11 is 9.21. The number of hydrogen-bond acceptors (Lipinski definition) is 4. The molecule has 3 aromatic heterocycles. The van der Waals surface area contributed by atoms with E-state index in [0.29, 0.717) is 16.2 Å². The van der Waals surface area contributed by atoms with E-state index in [1.165, 1.54) is 0 Å². The Morgan fingerprint density at radius 2 is 1.47 bits per heavy atom. The molecule has 5 nitrogen and oxygen atoms in total. The van der Waals surface area contributed by atoms with Gasteiger partial charge in [0, 0.05) is 15.7 Å². The average Bonchev–Trinajstić information content (AvgIpc) is 3.25. The molecule has 0 saturated heterocycles. The van der Waals surface area contributed by atoms with Crippen molar-refractivity contribution in [1.82, 2.24) is 19.6 Å². The van der Waals surface area contributed by atoms with Crippen molar-refractivity contribution in [2.24, 2.45) is 0 Å². The summed E-state index contributed by atoms with van der Waals surface area (Å²) in [7, 11) is 0.